The van der Waals surface area contributed by atoms with Crippen LogP contribution in [0.25, 0.3) is 0 Å². The molecule has 3 amide bonds. The van der Waals surface area contributed by atoms with Gasteiger partial charge in [-0.2, -0.15) is 0 Å². The van der Waals surface area contributed by atoms with Gasteiger partial charge in [0.2, 0.25) is 11.8 Å². The second-order valence-corrected chi connectivity index (χ2v) is 12.7. The summed E-state index contributed by atoms with van der Waals surface area (Å²) in [6.07, 6.45) is 12.3. The minimum Gasteiger partial charge on any atom is -0.468 e. The molecule has 2 saturated heterocycles. The summed E-state index contributed by atoms with van der Waals surface area (Å²) < 4.78 is 17.1. The van der Waals surface area contributed by atoms with Gasteiger partial charge in [-0.25, -0.2) is 4.79 Å². The summed E-state index contributed by atoms with van der Waals surface area (Å²) in [6.45, 7) is 8.26. The predicted octanol–water partition coefficient (Wildman–Crippen LogP) is 4.91. The maximum atomic E-state index is 14.2. The summed E-state index contributed by atoms with van der Waals surface area (Å²) in [5.74, 6) is -0.915. The van der Waals surface area contributed by atoms with Crippen LogP contribution >= 0.6 is 0 Å². The summed E-state index contributed by atoms with van der Waals surface area (Å²) >= 11 is 0. The van der Waals surface area contributed by atoms with Gasteiger partial charge in [-0.3, -0.25) is 14.4 Å². The molecule has 0 spiro atoms. The molecule has 43 heavy (non-hydrogen) atoms. The molecule has 3 fully saturated rings. The predicted molar refractivity (Wildman–Crippen MR) is 162 cm³/mol. The first-order valence-electron chi connectivity index (χ1n) is 16.7. The van der Waals surface area contributed by atoms with Gasteiger partial charge in [0, 0.05) is 50.8 Å². The number of unbranched alkanes of at least 4 members (excludes halogenated alkanes) is 5. The number of amides is 3. The molecule has 10 heteroatoms. The van der Waals surface area contributed by atoms with E-state index in [0.717, 1.165) is 37.8 Å². The molecule has 4 aliphatic rings. The fourth-order valence-corrected chi connectivity index (χ4v) is 7.52. The highest BCUT2D eigenvalue weighted by Crippen LogP contribution is 2.52. The van der Waals surface area contributed by atoms with Crippen LogP contribution in [-0.2, 0) is 28.6 Å². The number of esters is 1. The number of rotatable bonds is 12. The Labute approximate surface area is 257 Å². The molecule has 0 bridgehead atoms. The normalized spacial score (nSPS) is 28.0. The Balaban J connectivity index is 1.56. The summed E-state index contributed by atoms with van der Waals surface area (Å²) in [7, 11) is 1.39. The summed E-state index contributed by atoms with van der Waals surface area (Å²) in [5.41, 5.74) is -0.423. The molecular formula is C33H53N3O7. The minimum absolute atomic E-state index is 0.00996. The van der Waals surface area contributed by atoms with Gasteiger partial charge >= 0.3 is 12.1 Å². The monoisotopic (exact) mass is 603 g/mol. The van der Waals surface area contributed by atoms with Crippen LogP contribution in [0.3, 0.4) is 0 Å². The first kappa shape index (κ1) is 33.3. The Morgan fingerprint density at radius 2 is 1.63 bits per heavy atom. The SMILES string of the molecule is CCCCCCCCN1C(=O)[C@@H](CC(=O)N2CCN(C(=O)OCC)CC2)C[C@@]2(C(=O)OC)C1=C[C@H](C1CCCC1)O[C@@H]2C. The van der Waals surface area contributed by atoms with E-state index in [0.29, 0.717) is 45.2 Å². The van der Waals surface area contributed by atoms with Gasteiger partial charge in [-0.05, 0) is 51.5 Å². The molecule has 10 nitrogen and oxygen atoms in total. The first-order valence-corrected chi connectivity index (χ1v) is 16.7. The van der Waals surface area contributed by atoms with Crippen molar-refractivity contribution in [3.8, 4) is 0 Å². The average Bonchev–Trinajstić information content (AvgIpc) is 3.56. The zero-order chi connectivity index (χ0) is 31.0. The van der Waals surface area contributed by atoms with E-state index in [1.165, 1.54) is 39.2 Å². The lowest BCUT2D eigenvalue weighted by Gasteiger charge is -2.52. The number of fused-ring (bicyclic) bond motifs is 1. The fraction of sp³-hybridized carbons (Fsp3) is 0.818. The van der Waals surface area contributed by atoms with E-state index in [-0.39, 0.29) is 36.9 Å². The molecule has 0 aromatic heterocycles. The molecule has 3 aliphatic heterocycles. The van der Waals surface area contributed by atoms with Crippen LogP contribution in [0.4, 0.5) is 4.79 Å². The van der Waals surface area contributed by atoms with Crippen molar-refractivity contribution in [3.63, 3.8) is 0 Å². The van der Waals surface area contributed by atoms with E-state index in [1.807, 2.05) is 11.8 Å². The van der Waals surface area contributed by atoms with E-state index in [4.69, 9.17) is 14.2 Å². The molecule has 0 aromatic carbocycles. The standard InChI is InChI=1S/C33H53N3O7/c1-5-7-8-9-10-13-16-36-28-22-27(25-14-11-12-15-25)43-24(3)33(28,31(39)41-4)23-26(30(36)38)21-29(37)34-17-19-35(20-18-34)32(40)42-6-2/h22,24-27H,5-21,23H2,1-4H3/t24-,26+,27-,33+/m1/s1. The highest BCUT2D eigenvalue weighted by Gasteiger charge is 2.60. The van der Waals surface area contributed by atoms with Crippen molar-refractivity contribution in [1.82, 2.24) is 14.7 Å². The van der Waals surface area contributed by atoms with Crippen LogP contribution in [-0.4, -0.2) is 97.2 Å². The van der Waals surface area contributed by atoms with E-state index in [9.17, 15) is 19.2 Å². The molecule has 4 rings (SSSR count). The van der Waals surface area contributed by atoms with Crippen LogP contribution in [0.15, 0.2) is 11.8 Å². The number of piperidine rings is 1. The zero-order valence-electron chi connectivity index (χ0n) is 26.8. The summed E-state index contributed by atoms with van der Waals surface area (Å²) in [4.78, 5) is 58.7. The Kier molecular flexibility index (Phi) is 11.9. The van der Waals surface area contributed by atoms with Crippen LogP contribution < -0.4 is 0 Å². The number of carbonyl (C=O) groups excluding carboxylic acids is 4. The van der Waals surface area contributed by atoms with Crippen molar-refractivity contribution < 1.29 is 33.4 Å². The van der Waals surface area contributed by atoms with Gasteiger partial charge in [0.05, 0.1) is 25.9 Å². The summed E-state index contributed by atoms with van der Waals surface area (Å²) in [6, 6.07) is 0. The number of hydrogen-bond donors (Lipinski definition) is 0. The third-order valence-corrected chi connectivity index (χ3v) is 10.0. The van der Waals surface area contributed by atoms with Crippen LogP contribution in [0.2, 0.25) is 0 Å². The number of likely N-dealkylation sites (tertiary alicyclic amines) is 1. The molecule has 0 radical (unpaired) electrons. The van der Waals surface area contributed by atoms with Crippen molar-refractivity contribution in [2.75, 3.05) is 46.4 Å². The Morgan fingerprint density at radius 1 is 0.977 bits per heavy atom. The number of piperazine rings is 1. The molecule has 0 N–H and O–H groups in total. The molecular weight excluding hydrogens is 550 g/mol. The van der Waals surface area contributed by atoms with Gasteiger partial charge in [0.1, 0.15) is 5.41 Å². The van der Waals surface area contributed by atoms with Crippen molar-refractivity contribution in [2.24, 2.45) is 17.3 Å². The molecule has 1 aliphatic carbocycles. The lowest BCUT2D eigenvalue weighted by atomic mass is 9.66. The van der Waals surface area contributed by atoms with Gasteiger partial charge in [0.15, 0.2) is 0 Å². The number of carbonyl (C=O) groups is 4. The van der Waals surface area contributed by atoms with E-state index in [2.05, 4.69) is 13.0 Å². The Morgan fingerprint density at radius 3 is 2.28 bits per heavy atom. The molecule has 242 valence electrons. The number of hydrogen-bond acceptors (Lipinski definition) is 7. The van der Waals surface area contributed by atoms with E-state index in [1.54, 1.807) is 16.7 Å². The molecule has 0 unspecified atom stereocenters. The number of ether oxygens (including phenoxy) is 3. The minimum atomic E-state index is -1.15. The van der Waals surface area contributed by atoms with Gasteiger partial charge < -0.3 is 28.9 Å². The highest BCUT2D eigenvalue weighted by atomic mass is 16.6. The van der Waals surface area contributed by atoms with Crippen LogP contribution in [0, 0.1) is 17.3 Å². The molecule has 0 aromatic rings. The lowest BCUT2D eigenvalue weighted by molar-refractivity contribution is -0.178. The quantitative estimate of drug-likeness (QED) is 0.231. The maximum absolute atomic E-state index is 14.2. The molecule has 1 saturated carbocycles. The van der Waals surface area contributed by atoms with Crippen LogP contribution in [0.1, 0.15) is 97.8 Å². The third-order valence-electron chi connectivity index (χ3n) is 10.0. The van der Waals surface area contributed by atoms with E-state index < -0.39 is 23.4 Å². The van der Waals surface area contributed by atoms with Crippen LogP contribution in [0.5, 0.6) is 0 Å². The Hall–Kier alpha value is -2.62. The second-order valence-electron chi connectivity index (χ2n) is 12.7. The van der Waals surface area contributed by atoms with Crippen molar-refractivity contribution in [1.29, 1.82) is 0 Å². The van der Waals surface area contributed by atoms with Crippen molar-refractivity contribution in [2.45, 2.75) is 110 Å². The van der Waals surface area contributed by atoms with Gasteiger partial charge in [0.25, 0.3) is 0 Å². The molecule has 4 atom stereocenters. The van der Waals surface area contributed by atoms with Gasteiger partial charge in [-0.1, -0.05) is 51.9 Å². The smallest absolute Gasteiger partial charge is 0.409 e. The highest BCUT2D eigenvalue weighted by molar-refractivity contribution is 5.92. The topological polar surface area (TPSA) is 106 Å². The van der Waals surface area contributed by atoms with Crippen molar-refractivity contribution in [3.05, 3.63) is 11.8 Å². The van der Waals surface area contributed by atoms with E-state index >= 15 is 0 Å². The summed E-state index contributed by atoms with van der Waals surface area (Å²) in [5, 5.41) is 0. The first-order chi connectivity index (χ1) is 20.8. The fourth-order valence-electron chi connectivity index (χ4n) is 7.52. The zero-order valence-corrected chi connectivity index (χ0v) is 26.8. The second kappa shape index (κ2) is 15.4. The third kappa shape index (κ3) is 7.37. The Bertz CT molecular complexity index is 1020. The van der Waals surface area contributed by atoms with Gasteiger partial charge in [-0.15, -0.1) is 0 Å². The molecule has 3 heterocycles. The largest absolute Gasteiger partial charge is 0.468 e. The number of methoxy groups -OCH3 is 1. The average molecular weight is 604 g/mol. The van der Waals surface area contributed by atoms with Crippen molar-refractivity contribution >= 4 is 23.9 Å². The lowest BCUT2D eigenvalue weighted by Crippen LogP contribution is -2.61. The number of nitrogens with zero attached hydrogens (tertiary/aromatic N) is 3. The maximum Gasteiger partial charge on any atom is 0.409 e.